The second kappa shape index (κ2) is 6.97. The number of anilines is 1. The van der Waals surface area contributed by atoms with E-state index in [-0.39, 0.29) is 12.1 Å². The van der Waals surface area contributed by atoms with Crippen molar-refractivity contribution in [2.75, 3.05) is 11.4 Å². The minimum Gasteiger partial charge on any atom is -0.360 e. The molecule has 0 saturated carbocycles. The normalized spacial score (nSPS) is 13.6. The van der Waals surface area contributed by atoms with E-state index in [1.165, 1.54) is 4.90 Å². The topological polar surface area (TPSA) is 29.3 Å². The van der Waals surface area contributed by atoms with Crippen molar-refractivity contribution < 1.29 is 13.2 Å². The predicted octanol–water partition coefficient (Wildman–Crippen LogP) is 3.74. The highest BCUT2D eigenvalue weighted by Crippen LogP contribution is 2.24. The van der Waals surface area contributed by atoms with Crippen LogP contribution >= 0.6 is 0 Å². The largest absolute Gasteiger partial charge is 0.405 e. The lowest BCUT2D eigenvalue weighted by molar-refractivity contribution is -0.120. The lowest BCUT2D eigenvalue weighted by Gasteiger charge is -2.30. The van der Waals surface area contributed by atoms with Gasteiger partial charge in [0.1, 0.15) is 6.54 Å². The Morgan fingerprint density at radius 3 is 2.10 bits per heavy atom. The average molecular weight is 288 g/mol. The van der Waals surface area contributed by atoms with Gasteiger partial charge in [-0.1, -0.05) is 19.1 Å². The fraction of sp³-hybridized carbons (Fsp3) is 0.600. The van der Waals surface area contributed by atoms with E-state index in [1.54, 1.807) is 26.0 Å². The van der Waals surface area contributed by atoms with Crippen molar-refractivity contribution in [3.63, 3.8) is 0 Å². The number of hydrogen-bond donors (Lipinski definition) is 1. The minimum absolute atomic E-state index is 0.0947. The van der Waals surface area contributed by atoms with Crippen molar-refractivity contribution in [3.05, 3.63) is 29.8 Å². The van der Waals surface area contributed by atoms with Gasteiger partial charge in [-0.3, -0.25) is 0 Å². The molecule has 1 aromatic carbocycles. The second-order valence-electron chi connectivity index (χ2n) is 5.38. The highest BCUT2D eigenvalue weighted by atomic mass is 19.4. The van der Waals surface area contributed by atoms with Crippen LogP contribution in [0.15, 0.2) is 24.3 Å². The summed E-state index contributed by atoms with van der Waals surface area (Å²) in [6.07, 6.45) is -2.57. The highest BCUT2D eigenvalue weighted by Gasteiger charge is 2.31. The van der Waals surface area contributed by atoms with Gasteiger partial charge in [-0.25, -0.2) is 0 Å². The van der Waals surface area contributed by atoms with Gasteiger partial charge in [-0.2, -0.15) is 13.2 Å². The van der Waals surface area contributed by atoms with Gasteiger partial charge in [0.25, 0.3) is 0 Å². The zero-order valence-corrected chi connectivity index (χ0v) is 12.2. The summed E-state index contributed by atoms with van der Waals surface area (Å²) in [5.41, 5.74) is 7.52. The molecule has 0 radical (unpaired) electrons. The fourth-order valence-corrected chi connectivity index (χ4v) is 2.04. The predicted molar refractivity (Wildman–Crippen MR) is 76.9 cm³/mol. The maximum Gasteiger partial charge on any atom is 0.405 e. The van der Waals surface area contributed by atoms with Crippen molar-refractivity contribution in [2.24, 2.45) is 5.73 Å². The van der Waals surface area contributed by atoms with E-state index >= 15 is 0 Å². The van der Waals surface area contributed by atoms with Gasteiger partial charge in [0.2, 0.25) is 0 Å². The summed E-state index contributed by atoms with van der Waals surface area (Å²) < 4.78 is 37.8. The van der Waals surface area contributed by atoms with E-state index in [2.05, 4.69) is 0 Å². The number of rotatable bonds is 6. The van der Waals surface area contributed by atoms with Crippen molar-refractivity contribution >= 4 is 5.69 Å². The number of halogens is 3. The summed E-state index contributed by atoms with van der Waals surface area (Å²) >= 11 is 0. The molecule has 1 rings (SSSR count). The first-order chi connectivity index (χ1) is 9.23. The molecule has 0 aliphatic carbocycles. The molecule has 114 valence electrons. The number of alkyl halides is 3. The van der Waals surface area contributed by atoms with E-state index < -0.39 is 12.7 Å². The maximum atomic E-state index is 12.6. The SMILES string of the molecule is CCC(N)Cc1ccc(N(CC(F)(F)F)C(C)C)cc1. The third-order valence-corrected chi connectivity index (χ3v) is 3.26. The van der Waals surface area contributed by atoms with Crippen molar-refractivity contribution in [1.29, 1.82) is 0 Å². The van der Waals surface area contributed by atoms with E-state index in [9.17, 15) is 13.2 Å². The molecule has 0 bridgehead atoms. The molecule has 0 aliphatic heterocycles. The van der Waals surface area contributed by atoms with E-state index in [4.69, 9.17) is 5.73 Å². The third-order valence-electron chi connectivity index (χ3n) is 3.26. The summed E-state index contributed by atoms with van der Waals surface area (Å²) in [6, 6.07) is 7.08. The molecule has 0 saturated heterocycles. The van der Waals surface area contributed by atoms with Crippen molar-refractivity contribution in [3.8, 4) is 0 Å². The van der Waals surface area contributed by atoms with Gasteiger partial charge >= 0.3 is 6.18 Å². The monoisotopic (exact) mass is 288 g/mol. The molecule has 5 heteroatoms. The first kappa shape index (κ1) is 16.8. The Bertz CT molecular complexity index is 399. The zero-order chi connectivity index (χ0) is 15.3. The van der Waals surface area contributed by atoms with Gasteiger partial charge in [0, 0.05) is 17.8 Å². The summed E-state index contributed by atoms with van der Waals surface area (Å²) in [6.45, 7) is 4.60. The average Bonchev–Trinajstić information content (AvgIpc) is 2.35. The molecule has 0 spiro atoms. The molecule has 1 aromatic rings. The zero-order valence-electron chi connectivity index (χ0n) is 12.2. The van der Waals surface area contributed by atoms with Crippen LogP contribution in [-0.2, 0) is 6.42 Å². The Hall–Kier alpha value is -1.23. The molecule has 1 unspecified atom stereocenters. The van der Waals surface area contributed by atoms with Crippen molar-refractivity contribution in [1.82, 2.24) is 0 Å². The quantitative estimate of drug-likeness (QED) is 0.864. The van der Waals surface area contributed by atoms with Gasteiger partial charge in [0.05, 0.1) is 0 Å². The standard InChI is InChI=1S/C15H23F3N2/c1-4-13(19)9-12-5-7-14(8-6-12)20(11(2)3)10-15(16,17)18/h5-8,11,13H,4,9-10,19H2,1-3H3. The van der Waals surface area contributed by atoms with Crippen LogP contribution in [0.25, 0.3) is 0 Å². The molecular weight excluding hydrogens is 265 g/mol. The minimum atomic E-state index is -4.20. The lowest BCUT2D eigenvalue weighted by atomic mass is 10.0. The summed E-state index contributed by atoms with van der Waals surface area (Å²) in [5.74, 6) is 0. The summed E-state index contributed by atoms with van der Waals surface area (Å²) in [4.78, 5) is 1.35. The molecule has 2 N–H and O–H groups in total. The first-order valence-electron chi connectivity index (χ1n) is 6.91. The second-order valence-corrected chi connectivity index (χ2v) is 5.38. The number of benzene rings is 1. The van der Waals surface area contributed by atoms with Gasteiger partial charge in [-0.05, 0) is 44.4 Å². The molecule has 0 aromatic heterocycles. The molecular formula is C15H23F3N2. The van der Waals surface area contributed by atoms with E-state index in [0.717, 1.165) is 18.4 Å². The smallest absolute Gasteiger partial charge is 0.360 e. The van der Waals surface area contributed by atoms with Gasteiger partial charge < -0.3 is 10.6 Å². The van der Waals surface area contributed by atoms with Crippen LogP contribution in [0.4, 0.5) is 18.9 Å². The molecule has 0 heterocycles. The van der Waals surface area contributed by atoms with Crippen LogP contribution in [0.1, 0.15) is 32.8 Å². The number of hydrogen-bond acceptors (Lipinski definition) is 2. The van der Waals surface area contributed by atoms with Crippen LogP contribution < -0.4 is 10.6 Å². The van der Waals surface area contributed by atoms with Crippen LogP contribution in [-0.4, -0.2) is 24.8 Å². The third kappa shape index (κ3) is 5.41. The Labute approximate surface area is 118 Å². The molecule has 2 nitrogen and oxygen atoms in total. The molecule has 1 atom stereocenters. The van der Waals surface area contributed by atoms with E-state index in [1.807, 2.05) is 19.1 Å². The van der Waals surface area contributed by atoms with Crippen molar-refractivity contribution in [2.45, 2.75) is 51.9 Å². The fourth-order valence-electron chi connectivity index (χ4n) is 2.04. The van der Waals surface area contributed by atoms with Crippen LogP contribution in [0.2, 0.25) is 0 Å². The van der Waals surface area contributed by atoms with Crippen LogP contribution in [0.5, 0.6) is 0 Å². The summed E-state index contributed by atoms with van der Waals surface area (Å²) in [5, 5.41) is 0. The van der Waals surface area contributed by atoms with Gasteiger partial charge in [-0.15, -0.1) is 0 Å². The van der Waals surface area contributed by atoms with Crippen LogP contribution in [0.3, 0.4) is 0 Å². The van der Waals surface area contributed by atoms with E-state index in [0.29, 0.717) is 5.69 Å². The Balaban J connectivity index is 2.83. The van der Waals surface area contributed by atoms with Crippen LogP contribution in [0, 0.1) is 0 Å². The number of nitrogens with two attached hydrogens (primary N) is 1. The first-order valence-corrected chi connectivity index (χ1v) is 6.91. The molecule has 0 fully saturated rings. The Morgan fingerprint density at radius 2 is 1.70 bits per heavy atom. The molecule has 0 amide bonds. The Kier molecular flexibility index (Phi) is 5.87. The Morgan fingerprint density at radius 1 is 1.15 bits per heavy atom. The number of nitrogens with zero attached hydrogens (tertiary/aromatic N) is 1. The summed E-state index contributed by atoms with van der Waals surface area (Å²) in [7, 11) is 0. The molecule has 0 aliphatic rings. The molecule has 20 heavy (non-hydrogen) atoms. The highest BCUT2D eigenvalue weighted by molar-refractivity contribution is 5.48. The van der Waals surface area contributed by atoms with Gasteiger partial charge in [0.15, 0.2) is 0 Å². The lowest BCUT2D eigenvalue weighted by Crippen LogP contribution is -2.39. The maximum absolute atomic E-state index is 12.6.